The topological polar surface area (TPSA) is 51.2 Å². The van der Waals surface area contributed by atoms with Crippen molar-refractivity contribution in [3.8, 4) is 0 Å². The molecule has 158 valence electrons. The fourth-order valence-corrected chi connectivity index (χ4v) is 5.79. The molecule has 1 unspecified atom stereocenters. The summed E-state index contributed by atoms with van der Waals surface area (Å²) in [5, 5.41) is 0.541. The van der Waals surface area contributed by atoms with Crippen LogP contribution in [0.25, 0.3) is 0 Å². The summed E-state index contributed by atoms with van der Waals surface area (Å²) in [6.07, 6.45) is 0. The predicted molar refractivity (Wildman–Crippen MR) is 127 cm³/mol. The average Bonchev–Trinajstić information content (AvgIpc) is 2.74. The van der Waals surface area contributed by atoms with Crippen molar-refractivity contribution in [3.63, 3.8) is 0 Å². The highest BCUT2D eigenvalue weighted by molar-refractivity contribution is 7.71. The summed E-state index contributed by atoms with van der Waals surface area (Å²) in [7, 11) is -2.31. The quantitative estimate of drug-likeness (QED) is 0.348. The molecule has 3 rings (SSSR count). The Labute approximate surface area is 185 Å². The van der Waals surface area contributed by atoms with Gasteiger partial charge in [0.25, 0.3) is 0 Å². The van der Waals surface area contributed by atoms with Crippen LogP contribution >= 0.6 is 7.80 Å². The highest BCUT2D eigenvalue weighted by atomic mass is 31.1. The van der Waals surface area contributed by atoms with Crippen molar-refractivity contribution in [1.82, 2.24) is 0 Å². The normalized spacial score (nSPS) is 11.4. The Kier molecular flexibility index (Phi) is 6.38. The van der Waals surface area contributed by atoms with Crippen LogP contribution in [0, 0.1) is 48.5 Å². The van der Waals surface area contributed by atoms with Gasteiger partial charge in [0.2, 0.25) is 5.30 Å². The summed E-state index contributed by atoms with van der Waals surface area (Å²) < 4.78 is 13.5. The van der Waals surface area contributed by atoms with Crippen LogP contribution in [0.1, 0.15) is 65.2 Å². The molecular weight excluding hydrogens is 403 g/mol. The molecule has 4 heteroatoms. The van der Waals surface area contributed by atoms with Gasteiger partial charge in [-0.3, -0.25) is 4.79 Å². The van der Waals surface area contributed by atoms with Gasteiger partial charge in [0.15, 0.2) is 5.78 Å². The second kappa shape index (κ2) is 8.69. The Morgan fingerprint density at radius 1 is 0.677 bits per heavy atom. The van der Waals surface area contributed by atoms with E-state index in [2.05, 4.69) is 0 Å². The third kappa shape index (κ3) is 4.03. The van der Waals surface area contributed by atoms with E-state index in [0.29, 0.717) is 27.6 Å². The molecule has 3 nitrogen and oxygen atoms in total. The van der Waals surface area contributed by atoms with Gasteiger partial charge in [-0.15, -0.1) is 0 Å². The zero-order chi connectivity index (χ0) is 23.0. The lowest BCUT2D eigenvalue weighted by molar-refractivity contribution is 0.103. The molecule has 0 saturated carbocycles. The van der Waals surface area contributed by atoms with E-state index >= 15 is 0 Å². The first-order valence-electron chi connectivity index (χ1n) is 10.4. The maximum absolute atomic E-state index is 13.5. The highest BCUT2D eigenvalue weighted by Crippen LogP contribution is 2.35. The molecule has 0 aromatic heterocycles. The van der Waals surface area contributed by atoms with Gasteiger partial charge in [0, 0.05) is 22.3 Å². The number of ketones is 1. The van der Waals surface area contributed by atoms with E-state index in [0.717, 1.165) is 33.4 Å². The Morgan fingerprint density at radius 2 is 1.29 bits per heavy atom. The molecule has 0 fully saturated rings. The first-order chi connectivity index (χ1) is 14.6. The van der Waals surface area contributed by atoms with Crippen molar-refractivity contribution in [2.75, 3.05) is 0 Å². The number of carbonyl (C=O) groups excluding carboxylic acids is 2. The van der Waals surface area contributed by atoms with E-state index in [4.69, 9.17) is 0 Å². The standard InChI is InChI=1S/C27H28O3P/c1-15-13-16(2)24(20(6)18(15)4)27(29)31(30)26-17(3)14-23(19(5)21(26)7)25(28)22-11-9-8-10-12-22/h8-14H,1-7H3/q+1. The minimum absolute atomic E-state index is 0.0711. The van der Waals surface area contributed by atoms with Crippen molar-refractivity contribution >= 4 is 24.4 Å². The number of benzene rings is 3. The molecule has 1 atom stereocenters. The van der Waals surface area contributed by atoms with Gasteiger partial charge in [0.05, 0.1) is 5.56 Å². The van der Waals surface area contributed by atoms with E-state index in [1.165, 1.54) is 0 Å². The van der Waals surface area contributed by atoms with E-state index in [-0.39, 0.29) is 11.3 Å². The number of hydrogen-bond donors (Lipinski definition) is 0. The Balaban J connectivity index is 2.10. The van der Waals surface area contributed by atoms with Crippen molar-refractivity contribution < 1.29 is 14.2 Å². The van der Waals surface area contributed by atoms with E-state index in [1.54, 1.807) is 18.2 Å². The minimum Gasteiger partial charge on any atom is -0.289 e. The van der Waals surface area contributed by atoms with Crippen LogP contribution in [0.2, 0.25) is 0 Å². The predicted octanol–water partition coefficient (Wildman–Crippen LogP) is 6.37. The maximum atomic E-state index is 13.5. The molecule has 0 amide bonds. The van der Waals surface area contributed by atoms with Gasteiger partial charge >= 0.3 is 13.3 Å². The maximum Gasteiger partial charge on any atom is 0.459 e. The van der Waals surface area contributed by atoms with E-state index in [1.807, 2.05) is 72.7 Å². The van der Waals surface area contributed by atoms with Crippen LogP contribution in [0.3, 0.4) is 0 Å². The molecule has 0 saturated heterocycles. The lowest BCUT2D eigenvalue weighted by atomic mass is 9.94. The lowest BCUT2D eigenvalue weighted by Gasteiger charge is -2.12. The summed E-state index contributed by atoms with van der Waals surface area (Å²) in [5.41, 5.74) is 7.50. The Morgan fingerprint density at radius 3 is 1.90 bits per heavy atom. The number of aryl methyl sites for hydroxylation is 3. The van der Waals surface area contributed by atoms with E-state index in [9.17, 15) is 14.2 Å². The Bertz CT molecular complexity index is 1240. The summed E-state index contributed by atoms with van der Waals surface area (Å²) in [6.45, 7) is 13.3. The minimum atomic E-state index is -2.31. The van der Waals surface area contributed by atoms with Gasteiger partial charge in [-0.1, -0.05) is 41.0 Å². The van der Waals surface area contributed by atoms with Crippen molar-refractivity contribution in [2.45, 2.75) is 48.5 Å². The van der Waals surface area contributed by atoms with Crippen molar-refractivity contribution in [3.05, 3.63) is 98.1 Å². The molecule has 0 heterocycles. The molecule has 0 aliphatic carbocycles. The second-order valence-electron chi connectivity index (χ2n) is 8.27. The van der Waals surface area contributed by atoms with Crippen molar-refractivity contribution in [2.24, 2.45) is 0 Å². The van der Waals surface area contributed by atoms with E-state index < -0.39 is 7.80 Å². The zero-order valence-corrected chi connectivity index (χ0v) is 20.1. The fourth-order valence-electron chi connectivity index (χ4n) is 4.18. The first kappa shape index (κ1) is 22.8. The third-order valence-electron chi connectivity index (χ3n) is 6.29. The van der Waals surface area contributed by atoms with Gasteiger partial charge in [-0.25, -0.2) is 4.79 Å². The third-order valence-corrected chi connectivity index (χ3v) is 7.98. The van der Waals surface area contributed by atoms with Gasteiger partial charge in [0.1, 0.15) is 0 Å². The molecular formula is C27H28O3P+. The number of carbonyl (C=O) groups is 2. The summed E-state index contributed by atoms with van der Waals surface area (Å²) in [6, 6.07) is 12.9. The smallest absolute Gasteiger partial charge is 0.289 e. The molecule has 3 aromatic rings. The van der Waals surface area contributed by atoms with Crippen LogP contribution in [0.4, 0.5) is 0 Å². The molecule has 0 N–H and O–H groups in total. The van der Waals surface area contributed by atoms with Crippen LogP contribution < -0.4 is 5.30 Å². The molecule has 0 radical (unpaired) electrons. The van der Waals surface area contributed by atoms with Gasteiger partial charge in [-0.2, -0.15) is 0 Å². The summed E-state index contributed by atoms with van der Waals surface area (Å²) >= 11 is 0. The molecule has 31 heavy (non-hydrogen) atoms. The van der Waals surface area contributed by atoms with Gasteiger partial charge in [-0.05, 0) is 82.3 Å². The lowest BCUT2D eigenvalue weighted by Crippen LogP contribution is -2.18. The largest absolute Gasteiger partial charge is 0.459 e. The number of hydrogen-bond acceptors (Lipinski definition) is 3. The summed E-state index contributed by atoms with van der Waals surface area (Å²) in [5.74, 6) is -0.0711. The number of rotatable bonds is 5. The average molecular weight is 431 g/mol. The molecule has 0 spiro atoms. The monoisotopic (exact) mass is 431 g/mol. The molecule has 0 aliphatic heterocycles. The SMILES string of the molecule is Cc1cc(C)c(C(=O)[P+](=O)c2c(C)cc(C(=O)c3ccccc3)c(C)c2C)c(C)c1C. The Hall–Kier alpha value is -2.90. The van der Waals surface area contributed by atoms with Gasteiger partial charge < -0.3 is 0 Å². The second-order valence-corrected chi connectivity index (χ2v) is 9.71. The highest BCUT2D eigenvalue weighted by Gasteiger charge is 2.39. The van der Waals surface area contributed by atoms with Crippen LogP contribution in [-0.4, -0.2) is 11.3 Å². The molecule has 0 bridgehead atoms. The molecule has 0 aliphatic rings. The fraction of sp³-hybridized carbons (Fsp3) is 0.259. The summed E-state index contributed by atoms with van der Waals surface area (Å²) in [4.78, 5) is 26.4. The van der Waals surface area contributed by atoms with Crippen LogP contribution in [0.15, 0.2) is 42.5 Å². The first-order valence-corrected chi connectivity index (χ1v) is 11.6. The van der Waals surface area contributed by atoms with Crippen LogP contribution in [0.5, 0.6) is 0 Å². The molecule has 3 aromatic carbocycles. The zero-order valence-electron chi connectivity index (χ0n) is 19.2. The van der Waals surface area contributed by atoms with Crippen LogP contribution in [-0.2, 0) is 4.57 Å². The van der Waals surface area contributed by atoms with Crippen molar-refractivity contribution in [1.29, 1.82) is 0 Å².